The number of carbonyl (C=O) groups is 4. The fourth-order valence-corrected chi connectivity index (χ4v) is 5.99. The highest BCUT2D eigenvalue weighted by atomic mass is 16.5. The maximum Gasteiger partial charge on any atom is 0.332 e. The van der Waals surface area contributed by atoms with Crippen molar-refractivity contribution < 1.29 is 23.9 Å². The number of aromatic nitrogens is 2. The van der Waals surface area contributed by atoms with Gasteiger partial charge in [-0.3, -0.25) is 33.2 Å². The van der Waals surface area contributed by atoms with Gasteiger partial charge in [0.2, 0.25) is 0 Å². The molecule has 0 saturated carbocycles. The number of nitrogens with one attached hydrogen (secondary N) is 1. The van der Waals surface area contributed by atoms with Gasteiger partial charge in [-0.2, -0.15) is 0 Å². The monoisotopic (exact) mass is 574 g/mol. The van der Waals surface area contributed by atoms with Crippen LogP contribution in [-0.2, 0) is 18.9 Å². The molecular weight excluding hydrogens is 552 g/mol. The molecule has 212 valence electrons. The highest BCUT2D eigenvalue weighted by molar-refractivity contribution is 6.24. The predicted octanol–water partition coefficient (Wildman–Crippen LogP) is 2.45. The van der Waals surface area contributed by atoms with E-state index in [1.807, 2.05) is 6.07 Å². The summed E-state index contributed by atoms with van der Waals surface area (Å²) in [6.45, 7) is -0.567. The zero-order valence-corrected chi connectivity index (χ0v) is 22.9. The van der Waals surface area contributed by atoms with E-state index in [0.29, 0.717) is 28.0 Å². The smallest absolute Gasteiger partial charge is 0.332 e. The third-order valence-corrected chi connectivity index (χ3v) is 8.09. The topological polar surface area (TPSA) is 137 Å². The van der Waals surface area contributed by atoms with Gasteiger partial charge in [-0.25, -0.2) is 9.59 Å². The summed E-state index contributed by atoms with van der Waals surface area (Å²) in [5, 5.41) is 3.19. The molecular formula is C32H22N4O7. The predicted molar refractivity (Wildman–Crippen MR) is 154 cm³/mol. The SMILES string of the molecule is Cn1c2c(c(=O)n(C)c1=O)[C@@H](c1ccc(OC(=O)CN3C(=O)c4ccccc4C3=O)cc1)C1=C(N2)c2ccccc2C1=O. The van der Waals surface area contributed by atoms with Crippen molar-refractivity contribution >= 4 is 35.1 Å². The van der Waals surface area contributed by atoms with E-state index in [-0.39, 0.29) is 34.0 Å². The molecule has 1 N–H and O–H groups in total. The minimum Gasteiger partial charge on any atom is -0.425 e. The van der Waals surface area contributed by atoms with Crippen molar-refractivity contribution in [2.24, 2.45) is 14.1 Å². The van der Waals surface area contributed by atoms with Crippen molar-refractivity contribution in [3.8, 4) is 5.75 Å². The van der Waals surface area contributed by atoms with E-state index in [9.17, 15) is 28.8 Å². The van der Waals surface area contributed by atoms with E-state index in [0.717, 1.165) is 9.47 Å². The Morgan fingerprint density at radius 1 is 0.767 bits per heavy atom. The lowest BCUT2D eigenvalue weighted by Crippen LogP contribution is -2.42. The van der Waals surface area contributed by atoms with E-state index in [1.165, 1.54) is 35.9 Å². The lowest BCUT2D eigenvalue weighted by Gasteiger charge is -2.29. The summed E-state index contributed by atoms with van der Waals surface area (Å²) in [5.74, 6) is -2.58. The fraction of sp³-hybridized carbons (Fsp3) is 0.125. The largest absolute Gasteiger partial charge is 0.425 e. The molecule has 0 fully saturated rings. The van der Waals surface area contributed by atoms with Gasteiger partial charge in [0, 0.05) is 36.7 Å². The molecule has 11 nitrogen and oxygen atoms in total. The lowest BCUT2D eigenvalue weighted by atomic mass is 9.81. The van der Waals surface area contributed by atoms with Gasteiger partial charge in [0.05, 0.1) is 22.4 Å². The third kappa shape index (κ3) is 3.74. The van der Waals surface area contributed by atoms with Crippen molar-refractivity contribution in [3.05, 3.63) is 133 Å². The van der Waals surface area contributed by atoms with Crippen LogP contribution in [0.3, 0.4) is 0 Å². The molecule has 3 heterocycles. The van der Waals surface area contributed by atoms with Crippen molar-refractivity contribution in [3.63, 3.8) is 0 Å². The van der Waals surface area contributed by atoms with Crippen LogP contribution in [0, 0.1) is 0 Å². The molecule has 4 aromatic rings. The fourth-order valence-electron chi connectivity index (χ4n) is 5.99. The molecule has 2 aliphatic heterocycles. The Bertz CT molecular complexity index is 2070. The Labute approximate surface area is 243 Å². The Kier molecular flexibility index (Phi) is 5.67. The zero-order valence-electron chi connectivity index (χ0n) is 22.9. The van der Waals surface area contributed by atoms with Crippen LogP contribution in [0.2, 0.25) is 0 Å². The Morgan fingerprint density at radius 3 is 1.98 bits per heavy atom. The number of hydrogen-bond donors (Lipinski definition) is 1. The van der Waals surface area contributed by atoms with Crippen LogP contribution < -0.4 is 21.3 Å². The maximum atomic E-state index is 13.7. The summed E-state index contributed by atoms with van der Waals surface area (Å²) in [4.78, 5) is 78.8. The summed E-state index contributed by atoms with van der Waals surface area (Å²) in [6, 6.07) is 19.7. The van der Waals surface area contributed by atoms with Crippen molar-refractivity contribution in [1.29, 1.82) is 0 Å². The molecule has 1 aromatic heterocycles. The molecule has 1 aliphatic carbocycles. The van der Waals surface area contributed by atoms with Crippen molar-refractivity contribution in [1.82, 2.24) is 14.0 Å². The van der Waals surface area contributed by atoms with Crippen LogP contribution in [-0.4, -0.2) is 44.1 Å². The Balaban J connectivity index is 1.22. The molecule has 1 atom stereocenters. The number of ketones is 1. The van der Waals surface area contributed by atoms with Gasteiger partial charge in [-0.1, -0.05) is 48.5 Å². The second kappa shape index (κ2) is 9.35. The number of allylic oxidation sites excluding steroid dienone is 1. The van der Waals surface area contributed by atoms with Crippen LogP contribution >= 0.6 is 0 Å². The number of imide groups is 1. The van der Waals surface area contributed by atoms with E-state index in [1.54, 1.807) is 49.5 Å². The zero-order chi connectivity index (χ0) is 30.2. The number of anilines is 1. The summed E-state index contributed by atoms with van der Waals surface area (Å²) in [7, 11) is 2.93. The van der Waals surface area contributed by atoms with Gasteiger partial charge in [0.1, 0.15) is 18.1 Å². The number of ether oxygens (including phenoxy) is 1. The summed E-state index contributed by atoms with van der Waals surface area (Å²) in [5.41, 5.74) is 2.26. The number of esters is 1. The lowest BCUT2D eigenvalue weighted by molar-refractivity contribution is -0.134. The first-order chi connectivity index (χ1) is 20.7. The molecule has 0 radical (unpaired) electrons. The number of amides is 2. The molecule has 0 unspecified atom stereocenters. The van der Waals surface area contributed by atoms with E-state index < -0.39 is 41.5 Å². The van der Waals surface area contributed by atoms with E-state index in [2.05, 4.69) is 5.32 Å². The van der Waals surface area contributed by atoms with Crippen molar-refractivity contribution in [2.75, 3.05) is 11.9 Å². The van der Waals surface area contributed by atoms with Gasteiger partial charge >= 0.3 is 11.7 Å². The van der Waals surface area contributed by atoms with Gasteiger partial charge in [0.25, 0.3) is 17.4 Å². The number of Topliss-reactive ketones (excluding diaryl/α,β-unsaturated/α-hetero) is 1. The van der Waals surface area contributed by atoms with Crippen LogP contribution in [0.15, 0.2) is 88.0 Å². The average Bonchev–Trinajstić information content (AvgIpc) is 3.44. The molecule has 43 heavy (non-hydrogen) atoms. The minimum atomic E-state index is -0.820. The van der Waals surface area contributed by atoms with Crippen LogP contribution in [0.4, 0.5) is 5.82 Å². The normalized spacial score (nSPS) is 16.5. The van der Waals surface area contributed by atoms with E-state index in [4.69, 9.17) is 4.74 Å². The first kappa shape index (κ1) is 26.1. The summed E-state index contributed by atoms with van der Waals surface area (Å²) >= 11 is 0. The van der Waals surface area contributed by atoms with Crippen LogP contribution in [0.1, 0.15) is 53.7 Å². The van der Waals surface area contributed by atoms with Gasteiger partial charge < -0.3 is 10.1 Å². The maximum absolute atomic E-state index is 13.7. The molecule has 0 spiro atoms. The van der Waals surface area contributed by atoms with Crippen molar-refractivity contribution in [2.45, 2.75) is 5.92 Å². The number of fused-ring (bicyclic) bond motifs is 4. The molecule has 0 saturated heterocycles. The average molecular weight is 575 g/mol. The van der Waals surface area contributed by atoms with Crippen LogP contribution in [0.25, 0.3) is 5.70 Å². The molecule has 0 bridgehead atoms. The van der Waals surface area contributed by atoms with Crippen LogP contribution in [0.5, 0.6) is 5.75 Å². The van der Waals surface area contributed by atoms with Gasteiger partial charge in [0.15, 0.2) is 5.78 Å². The standard InChI is InChI=1S/C32H22N4O7/c1-34-28-25(31(41)35(2)32(34)42)23(24-26(33-28)18-7-3-4-8-19(18)27(24)38)16-11-13-17(14-12-16)43-22(37)15-36-29(39)20-9-5-6-10-21(20)30(36)40/h3-14,23,33H,15H2,1-2H3/t23-/m0/s1. The van der Waals surface area contributed by atoms with E-state index >= 15 is 0 Å². The molecule has 7 rings (SSSR count). The number of hydrogen-bond acceptors (Lipinski definition) is 8. The number of nitrogens with zero attached hydrogens (tertiary/aromatic N) is 3. The minimum absolute atomic E-state index is 0.142. The van der Waals surface area contributed by atoms with Gasteiger partial charge in [-0.05, 0) is 29.8 Å². The number of carbonyl (C=O) groups excluding carboxylic acids is 4. The molecule has 11 heteroatoms. The molecule has 3 aromatic carbocycles. The first-order valence-corrected chi connectivity index (χ1v) is 13.4. The second-order valence-electron chi connectivity index (χ2n) is 10.5. The quantitative estimate of drug-likeness (QED) is 0.223. The number of benzene rings is 3. The second-order valence-corrected chi connectivity index (χ2v) is 10.5. The third-order valence-electron chi connectivity index (χ3n) is 8.09. The summed E-state index contributed by atoms with van der Waals surface area (Å²) < 4.78 is 7.77. The Hall–Kier alpha value is -5.84. The highest BCUT2D eigenvalue weighted by Crippen LogP contribution is 2.47. The van der Waals surface area contributed by atoms with Gasteiger partial charge in [-0.15, -0.1) is 0 Å². The molecule has 3 aliphatic rings. The highest BCUT2D eigenvalue weighted by Gasteiger charge is 2.43. The molecule has 2 amide bonds. The Morgan fingerprint density at radius 2 is 1.35 bits per heavy atom. The first-order valence-electron chi connectivity index (χ1n) is 13.4. The summed E-state index contributed by atoms with van der Waals surface area (Å²) in [6.07, 6.45) is 0. The number of rotatable bonds is 4.